The van der Waals surface area contributed by atoms with E-state index in [0.717, 1.165) is 11.0 Å². The number of imidazole rings is 1. The summed E-state index contributed by atoms with van der Waals surface area (Å²) in [6, 6.07) is 0. The Morgan fingerprint density at radius 1 is 1.20 bits per heavy atom. The number of hydrogen-bond donors (Lipinski definition) is 3. The molecule has 1 unspecified atom stereocenters. The summed E-state index contributed by atoms with van der Waals surface area (Å²) in [4.78, 5) is 40.3. The molecule has 0 aliphatic carbocycles. The molecule has 2 rings (SSSR count). The van der Waals surface area contributed by atoms with Crippen LogP contribution in [-0.4, -0.2) is 30.3 Å². The Kier molecular flexibility index (Phi) is 3.93. The minimum atomic E-state index is -0.515. The summed E-state index contributed by atoms with van der Waals surface area (Å²) in [5, 5.41) is 9.17. The molecule has 0 aliphatic rings. The Morgan fingerprint density at radius 3 is 2.55 bits per heavy atom. The lowest BCUT2D eigenvalue weighted by Crippen LogP contribution is -2.39. The average Bonchev–Trinajstić information content (AvgIpc) is 2.77. The third-order valence-corrected chi connectivity index (χ3v) is 3.27. The molecule has 3 N–H and O–H groups in total. The largest absolute Gasteiger partial charge is 0.393 e. The van der Waals surface area contributed by atoms with Gasteiger partial charge in [-0.15, -0.1) is 0 Å². The van der Waals surface area contributed by atoms with Crippen molar-refractivity contribution in [1.29, 1.82) is 0 Å². The molecule has 0 fully saturated rings. The number of H-pyrrole nitrogens is 2. The zero-order chi connectivity index (χ0) is 14.9. The van der Waals surface area contributed by atoms with E-state index >= 15 is 0 Å². The molecule has 0 amide bonds. The topological polar surface area (TPSA) is 113 Å². The lowest BCUT2D eigenvalue weighted by molar-refractivity contribution is 0.180. The minimum absolute atomic E-state index is 0.104. The van der Waals surface area contributed by atoms with Crippen LogP contribution in [0.25, 0.3) is 11.2 Å². The van der Waals surface area contributed by atoms with E-state index in [1.54, 1.807) is 6.92 Å². The Labute approximate surface area is 113 Å². The number of hydrogen-bond acceptors (Lipinski definition) is 4. The molecule has 0 bridgehead atoms. The number of aliphatic hydroxyl groups is 1. The van der Waals surface area contributed by atoms with E-state index in [1.165, 1.54) is 11.6 Å². The van der Waals surface area contributed by atoms with Crippen molar-refractivity contribution in [3.8, 4) is 0 Å². The van der Waals surface area contributed by atoms with Crippen LogP contribution in [0.4, 0.5) is 0 Å². The van der Waals surface area contributed by atoms with Gasteiger partial charge in [0.15, 0.2) is 5.52 Å². The van der Waals surface area contributed by atoms with E-state index in [2.05, 4.69) is 9.97 Å². The highest BCUT2D eigenvalue weighted by molar-refractivity contribution is 5.68. The van der Waals surface area contributed by atoms with Crippen molar-refractivity contribution < 1.29 is 5.11 Å². The first kappa shape index (κ1) is 14.3. The molecule has 8 nitrogen and oxygen atoms in total. The van der Waals surface area contributed by atoms with Gasteiger partial charge in [0.25, 0.3) is 5.56 Å². The average molecular weight is 282 g/mol. The molecule has 2 aromatic heterocycles. The minimum Gasteiger partial charge on any atom is -0.393 e. The zero-order valence-corrected chi connectivity index (χ0v) is 11.5. The van der Waals surface area contributed by atoms with Gasteiger partial charge in [-0.2, -0.15) is 0 Å². The Morgan fingerprint density at radius 2 is 1.90 bits per heavy atom. The third-order valence-electron chi connectivity index (χ3n) is 3.27. The second kappa shape index (κ2) is 5.49. The van der Waals surface area contributed by atoms with Crippen LogP contribution < -0.4 is 16.9 Å². The number of aliphatic hydroxyl groups excluding tert-OH is 1. The summed E-state index contributed by atoms with van der Waals surface area (Å²) >= 11 is 0. The summed E-state index contributed by atoms with van der Waals surface area (Å²) in [6.07, 6.45) is 1.56. The van der Waals surface area contributed by atoms with Crippen LogP contribution in [0.2, 0.25) is 0 Å². The highest BCUT2D eigenvalue weighted by Crippen LogP contribution is 2.02. The Balaban J connectivity index is 2.36. The summed E-state index contributed by atoms with van der Waals surface area (Å²) in [5.41, 5.74) is -1.18. The van der Waals surface area contributed by atoms with Crippen LogP contribution in [0, 0.1) is 0 Å². The maximum atomic E-state index is 12.2. The fourth-order valence-corrected chi connectivity index (χ4v) is 2.19. The molecule has 1 atom stereocenters. The zero-order valence-electron chi connectivity index (χ0n) is 11.5. The molecule has 0 spiro atoms. The van der Waals surface area contributed by atoms with Gasteiger partial charge in [-0.25, -0.2) is 9.59 Å². The van der Waals surface area contributed by atoms with Crippen molar-refractivity contribution in [2.24, 2.45) is 7.05 Å². The molecule has 0 saturated heterocycles. The quantitative estimate of drug-likeness (QED) is 0.627. The first-order chi connectivity index (χ1) is 9.41. The van der Waals surface area contributed by atoms with Gasteiger partial charge in [0.2, 0.25) is 0 Å². The number of rotatable bonds is 5. The van der Waals surface area contributed by atoms with Crippen molar-refractivity contribution in [2.75, 3.05) is 0 Å². The Bertz CT molecular complexity index is 777. The number of nitrogens with one attached hydrogen (secondary N) is 2. The second-order valence-electron chi connectivity index (χ2n) is 4.95. The number of aromatic amines is 2. The van der Waals surface area contributed by atoms with Crippen molar-refractivity contribution in [2.45, 2.75) is 38.8 Å². The molecule has 0 aromatic carbocycles. The fourth-order valence-electron chi connectivity index (χ4n) is 2.19. The van der Waals surface area contributed by atoms with E-state index in [1.807, 2.05) is 0 Å². The number of nitrogens with zero attached hydrogens (tertiary/aromatic N) is 2. The molecule has 0 aliphatic heterocycles. The van der Waals surface area contributed by atoms with Crippen molar-refractivity contribution in [1.82, 2.24) is 19.1 Å². The molecular formula is C12H18N4O4. The number of aryl methyl sites for hydroxylation is 1. The van der Waals surface area contributed by atoms with E-state index in [-0.39, 0.29) is 17.7 Å². The number of aromatic nitrogens is 4. The summed E-state index contributed by atoms with van der Waals surface area (Å²) in [5.74, 6) is 0. The normalized spacial score (nSPS) is 12.9. The lowest BCUT2D eigenvalue weighted by Gasteiger charge is -2.08. The van der Waals surface area contributed by atoms with Crippen LogP contribution >= 0.6 is 0 Å². The predicted octanol–water partition coefficient (Wildman–Crippen LogP) is -0.732. The van der Waals surface area contributed by atoms with E-state index in [9.17, 15) is 14.4 Å². The van der Waals surface area contributed by atoms with E-state index in [4.69, 9.17) is 5.11 Å². The molecule has 0 saturated carbocycles. The molecule has 20 heavy (non-hydrogen) atoms. The highest BCUT2D eigenvalue weighted by atomic mass is 16.3. The monoisotopic (exact) mass is 282 g/mol. The summed E-state index contributed by atoms with van der Waals surface area (Å²) in [7, 11) is 1.50. The van der Waals surface area contributed by atoms with Crippen LogP contribution in [-0.2, 0) is 13.6 Å². The number of unbranched alkanes of at least 4 members (excludes halogenated alkanes) is 1. The smallest absolute Gasteiger partial charge is 0.332 e. The van der Waals surface area contributed by atoms with Crippen molar-refractivity contribution in [3.05, 3.63) is 31.3 Å². The molecular weight excluding hydrogens is 264 g/mol. The number of fused-ring (bicyclic) bond motifs is 1. The van der Waals surface area contributed by atoms with Crippen LogP contribution in [0.1, 0.15) is 26.2 Å². The second-order valence-corrected chi connectivity index (χ2v) is 4.95. The predicted molar refractivity (Wildman–Crippen MR) is 74.0 cm³/mol. The van der Waals surface area contributed by atoms with Gasteiger partial charge in [0.05, 0.1) is 6.10 Å². The van der Waals surface area contributed by atoms with Crippen molar-refractivity contribution >= 4 is 11.2 Å². The molecule has 8 heteroatoms. The maximum Gasteiger partial charge on any atom is 0.332 e. The van der Waals surface area contributed by atoms with Crippen LogP contribution in [0.5, 0.6) is 0 Å². The third kappa shape index (κ3) is 2.60. The SMILES string of the molecule is CC(O)CCCCn1c(=O)c2[nH]c(=O)[nH]c2n(C)c1=O. The molecule has 2 aromatic rings. The van der Waals surface area contributed by atoms with Gasteiger partial charge in [0.1, 0.15) is 5.65 Å². The summed E-state index contributed by atoms with van der Waals surface area (Å²) < 4.78 is 2.34. The molecule has 0 radical (unpaired) electrons. The van der Waals surface area contributed by atoms with E-state index < -0.39 is 23.0 Å². The first-order valence-electron chi connectivity index (χ1n) is 6.51. The fraction of sp³-hybridized carbons (Fsp3) is 0.583. The van der Waals surface area contributed by atoms with Gasteiger partial charge in [-0.3, -0.25) is 23.9 Å². The standard InChI is InChI=1S/C12H18N4O4/c1-7(17)5-3-4-6-16-10(18)8-9(14-11(19)13-8)15(2)12(16)20/h7,17H,3-6H2,1-2H3,(H2,13,14,19). The van der Waals surface area contributed by atoms with Gasteiger partial charge < -0.3 is 5.11 Å². The van der Waals surface area contributed by atoms with Gasteiger partial charge in [-0.1, -0.05) is 0 Å². The highest BCUT2D eigenvalue weighted by Gasteiger charge is 2.13. The Hall–Kier alpha value is -2.09. The van der Waals surface area contributed by atoms with Crippen LogP contribution in [0.15, 0.2) is 14.4 Å². The lowest BCUT2D eigenvalue weighted by atomic mass is 10.2. The van der Waals surface area contributed by atoms with Gasteiger partial charge in [0, 0.05) is 13.6 Å². The van der Waals surface area contributed by atoms with Crippen molar-refractivity contribution in [3.63, 3.8) is 0 Å². The molecule has 2 heterocycles. The maximum absolute atomic E-state index is 12.2. The first-order valence-corrected chi connectivity index (χ1v) is 6.51. The summed E-state index contributed by atoms with van der Waals surface area (Å²) in [6.45, 7) is 1.96. The van der Waals surface area contributed by atoms with Gasteiger partial charge in [-0.05, 0) is 26.2 Å². The molecule has 110 valence electrons. The van der Waals surface area contributed by atoms with Crippen LogP contribution in [0.3, 0.4) is 0 Å². The van der Waals surface area contributed by atoms with E-state index in [0.29, 0.717) is 12.8 Å². The van der Waals surface area contributed by atoms with Gasteiger partial charge >= 0.3 is 11.4 Å².